The predicted molar refractivity (Wildman–Crippen MR) is 124 cm³/mol. The van der Waals surface area contributed by atoms with Gasteiger partial charge in [0, 0.05) is 37.6 Å². The minimum Gasteiger partial charge on any atom is -0.497 e. The molecule has 2 aromatic carbocycles. The van der Waals surface area contributed by atoms with Crippen LogP contribution in [-0.4, -0.2) is 42.8 Å². The Hall–Kier alpha value is -3.61. The first-order valence-electron chi connectivity index (χ1n) is 10.9. The van der Waals surface area contributed by atoms with Gasteiger partial charge in [-0.05, 0) is 54.8 Å². The van der Waals surface area contributed by atoms with Gasteiger partial charge in [0.15, 0.2) is 0 Å². The summed E-state index contributed by atoms with van der Waals surface area (Å²) in [5.74, 6) is 1.62. The number of hydrogen-bond donors (Lipinski definition) is 2. The molecule has 2 amide bonds. The molecular weight excluding hydrogens is 404 g/mol. The SMILES string of the molecule is COc1cccc(CNC(=O)N2CCC3(CC2)Nc2cc(OC)ccc2-n2cccc23)c1. The number of ether oxygens (including phenoxy) is 2. The van der Waals surface area contributed by atoms with Gasteiger partial charge < -0.3 is 29.6 Å². The normalized spacial score (nSPS) is 16.0. The number of nitrogens with zero attached hydrogens (tertiary/aromatic N) is 2. The number of urea groups is 1. The Morgan fingerprint density at radius 2 is 1.81 bits per heavy atom. The molecule has 2 aliphatic heterocycles. The van der Waals surface area contributed by atoms with E-state index in [2.05, 4.69) is 39.6 Å². The van der Waals surface area contributed by atoms with Crippen LogP contribution in [0.15, 0.2) is 60.8 Å². The molecule has 166 valence electrons. The van der Waals surface area contributed by atoms with Crippen LogP contribution in [0.1, 0.15) is 24.1 Å². The van der Waals surface area contributed by atoms with Crippen molar-refractivity contribution in [3.63, 3.8) is 0 Å². The van der Waals surface area contributed by atoms with Crippen molar-refractivity contribution in [1.82, 2.24) is 14.8 Å². The number of carbonyl (C=O) groups is 1. The highest BCUT2D eigenvalue weighted by molar-refractivity contribution is 5.75. The largest absolute Gasteiger partial charge is 0.497 e. The summed E-state index contributed by atoms with van der Waals surface area (Å²) in [6.45, 7) is 1.84. The molecule has 7 heteroatoms. The maximum Gasteiger partial charge on any atom is 0.317 e. The van der Waals surface area contributed by atoms with Gasteiger partial charge in [0.05, 0.1) is 31.1 Å². The van der Waals surface area contributed by atoms with Crippen molar-refractivity contribution in [2.75, 3.05) is 32.6 Å². The van der Waals surface area contributed by atoms with Crippen LogP contribution in [0.25, 0.3) is 5.69 Å². The first-order valence-corrected chi connectivity index (χ1v) is 10.9. The van der Waals surface area contributed by atoms with E-state index < -0.39 is 0 Å². The summed E-state index contributed by atoms with van der Waals surface area (Å²) in [6, 6.07) is 18.1. The quantitative estimate of drug-likeness (QED) is 0.651. The zero-order chi connectivity index (χ0) is 22.1. The molecule has 5 rings (SSSR count). The molecule has 32 heavy (non-hydrogen) atoms. The van der Waals surface area contributed by atoms with Gasteiger partial charge in [0.1, 0.15) is 11.5 Å². The van der Waals surface area contributed by atoms with Gasteiger partial charge in [-0.1, -0.05) is 12.1 Å². The van der Waals surface area contributed by atoms with E-state index in [1.165, 1.54) is 5.69 Å². The Morgan fingerprint density at radius 3 is 2.59 bits per heavy atom. The van der Waals surface area contributed by atoms with E-state index in [0.29, 0.717) is 19.6 Å². The number of rotatable bonds is 4. The van der Waals surface area contributed by atoms with Crippen LogP contribution in [0, 0.1) is 0 Å². The Labute approximate surface area is 187 Å². The van der Waals surface area contributed by atoms with Gasteiger partial charge in [0.2, 0.25) is 0 Å². The Bertz CT molecular complexity index is 1130. The molecule has 7 nitrogen and oxygen atoms in total. The molecule has 3 heterocycles. The molecule has 0 radical (unpaired) electrons. The number of nitrogens with one attached hydrogen (secondary N) is 2. The van der Waals surface area contributed by atoms with Crippen molar-refractivity contribution in [3.05, 3.63) is 72.1 Å². The molecule has 0 atom stereocenters. The molecular formula is C25H28N4O3. The summed E-state index contributed by atoms with van der Waals surface area (Å²) >= 11 is 0. The van der Waals surface area contributed by atoms with Crippen LogP contribution in [0.5, 0.6) is 11.5 Å². The summed E-state index contributed by atoms with van der Waals surface area (Å²) in [5, 5.41) is 6.83. The third-order valence-corrected chi connectivity index (χ3v) is 6.56. The number of benzene rings is 2. The van der Waals surface area contributed by atoms with Gasteiger partial charge in [-0.15, -0.1) is 0 Å². The van der Waals surface area contributed by atoms with E-state index in [0.717, 1.165) is 41.3 Å². The molecule has 3 aromatic rings. The first kappa shape index (κ1) is 20.3. The molecule has 1 saturated heterocycles. The number of anilines is 1. The second-order valence-electron chi connectivity index (χ2n) is 8.35. The lowest BCUT2D eigenvalue weighted by Gasteiger charge is -2.46. The molecule has 1 spiro atoms. The maximum absolute atomic E-state index is 12.8. The monoisotopic (exact) mass is 432 g/mol. The van der Waals surface area contributed by atoms with E-state index in [1.54, 1.807) is 14.2 Å². The van der Waals surface area contributed by atoms with Crippen LogP contribution in [0.2, 0.25) is 0 Å². The fourth-order valence-electron chi connectivity index (χ4n) is 4.80. The van der Waals surface area contributed by atoms with E-state index >= 15 is 0 Å². The summed E-state index contributed by atoms with van der Waals surface area (Å²) < 4.78 is 13.0. The highest BCUT2D eigenvalue weighted by atomic mass is 16.5. The van der Waals surface area contributed by atoms with Crippen molar-refractivity contribution >= 4 is 11.7 Å². The van der Waals surface area contributed by atoms with Crippen molar-refractivity contribution in [3.8, 4) is 17.2 Å². The number of piperidine rings is 1. The number of amides is 2. The number of carbonyl (C=O) groups excluding carboxylic acids is 1. The minimum atomic E-state index is -0.202. The van der Waals surface area contributed by atoms with E-state index in [9.17, 15) is 4.79 Å². The number of aromatic nitrogens is 1. The Morgan fingerprint density at radius 1 is 1.03 bits per heavy atom. The predicted octanol–water partition coefficient (Wildman–Crippen LogP) is 4.12. The van der Waals surface area contributed by atoms with Gasteiger partial charge in [0.25, 0.3) is 0 Å². The van der Waals surface area contributed by atoms with Gasteiger partial charge in [-0.3, -0.25) is 0 Å². The molecule has 2 aliphatic rings. The Balaban J connectivity index is 1.28. The average Bonchev–Trinajstić information content (AvgIpc) is 3.34. The molecule has 0 saturated carbocycles. The van der Waals surface area contributed by atoms with Crippen LogP contribution in [0.3, 0.4) is 0 Å². The highest BCUT2D eigenvalue weighted by Gasteiger charge is 2.42. The van der Waals surface area contributed by atoms with Crippen molar-refractivity contribution in [1.29, 1.82) is 0 Å². The zero-order valence-electron chi connectivity index (χ0n) is 18.4. The van der Waals surface area contributed by atoms with Crippen molar-refractivity contribution in [2.24, 2.45) is 0 Å². The lowest BCUT2D eigenvalue weighted by Crippen LogP contribution is -2.52. The summed E-state index contributed by atoms with van der Waals surface area (Å²) in [4.78, 5) is 14.7. The molecule has 0 bridgehead atoms. The molecule has 1 fully saturated rings. The summed E-state index contributed by atoms with van der Waals surface area (Å²) in [7, 11) is 3.33. The van der Waals surface area contributed by atoms with Crippen molar-refractivity contribution < 1.29 is 14.3 Å². The fourth-order valence-corrected chi connectivity index (χ4v) is 4.80. The second-order valence-corrected chi connectivity index (χ2v) is 8.35. The summed E-state index contributed by atoms with van der Waals surface area (Å²) in [6.07, 6.45) is 3.77. The number of fused-ring (bicyclic) bond motifs is 4. The van der Waals surface area contributed by atoms with Crippen molar-refractivity contribution in [2.45, 2.75) is 24.9 Å². The zero-order valence-corrected chi connectivity index (χ0v) is 18.4. The lowest BCUT2D eigenvalue weighted by molar-refractivity contribution is 0.162. The van der Waals surface area contributed by atoms with Gasteiger partial charge in [-0.25, -0.2) is 4.79 Å². The fraction of sp³-hybridized carbons (Fsp3) is 0.320. The Kier molecular flexibility index (Phi) is 5.17. The molecule has 0 aliphatic carbocycles. The van der Waals surface area contributed by atoms with E-state index in [4.69, 9.17) is 9.47 Å². The second kappa shape index (κ2) is 8.15. The average molecular weight is 433 g/mol. The first-order chi connectivity index (χ1) is 15.6. The smallest absolute Gasteiger partial charge is 0.317 e. The lowest BCUT2D eigenvalue weighted by atomic mass is 9.82. The molecule has 1 aromatic heterocycles. The third-order valence-electron chi connectivity index (χ3n) is 6.56. The summed E-state index contributed by atoms with van der Waals surface area (Å²) in [5.41, 5.74) is 4.24. The van der Waals surface area contributed by atoms with E-state index in [1.807, 2.05) is 41.3 Å². The van der Waals surface area contributed by atoms with Crippen LogP contribution < -0.4 is 20.1 Å². The highest BCUT2D eigenvalue weighted by Crippen LogP contribution is 2.44. The van der Waals surface area contributed by atoms with Crippen LogP contribution in [0.4, 0.5) is 10.5 Å². The van der Waals surface area contributed by atoms with E-state index in [-0.39, 0.29) is 11.6 Å². The topological polar surface area (TPSA) is 67.8 Å². The molecule has 0 unspecified atom stereocenters. The van der Waals surface area contributed by atoms with Gasteiger partial charge in [-0.2, -0.15) is 0 Å². The van der Waals surface area contributed by atoms with Crippen LogP contribution in [-0.2, 0) is 12.1 Å². The molecule has 2 N–H and O–H groups in total. The third kappa shape index (κ3) is 3.53. The number of methoxy groups -OCH3 is 2. The minimum absolute atomic E-state index is 0.0315. The maximum atomic E-state index is 12.8. The standard InChI is InChI=1S/C25H28N4O3/c1-31-19-6-3-5-18(15-19)17-26-24(30)28-13-10-25(11-14-28)23-7-4-12-29(23)22-9-8-20(32-2)16-21(22)27-25/h3-9,12,15-16,27H,10-11,13-14,17H2,1-2H3,(H,26,30). The number of likely N-dealkylation sites (tertiary alicyclic amines) is 1. The van der Waals surface area contributed by atoms with Gasteiger partial charge >= 0.3 is 6.03 Å². The number of hydrogen-bond acceptors (Lipinski definition) is 4. The van der Waals surface area contributed by atoms with Crippen LogP contribution >= 0.6 is 0 Å².